The molecule has 0 bridgehead atoms. The van der Waals surface area contributed by atoms with E-state index in [-0.39, 0.29) is 17.3 Å². The van der Waals surface area contributed by atoms with Crippen LogP contribution in [-0.4, -0.2) is 23.9 Å². The molecule has 9 atom stereocenters. The van der Waals surface area contributed by atoms with Crippen LogP contribution < -0.4 is 0 Å². The minimum atomic E-state index is -0.0177. The fraction of sp³-hybridized carbons (Fsp3) is 0.929. The molecule has 32 heavy (non-hydrogen) atoms. The largest absolute Gasteiger partial charge is 0.454 e. The molecule has 0 amide bonds. The number of esters is 1. The van der Waals surface area contributed by atoms with Crippen molar-refractivity contribution in [1.82, 2.24) is 0 Å². The van der Waals surface area contributed by atoms with Crippen molar-refractivity contribution in [3.05, 3.63) is 0 Å². The van der Waals surface area contributed by atoms with E-state index < -0.39 is 0 Å². The molecule has 4 rings (SSSR count). The zero-order valence-electron chi connectivity index (χ0n) is 21.2. The van der Waals surface area contributed by atoms with Gasteiger partial charge in [0.05, 0.1) is 5.92 Å². The Morgan fingerprint density at radius 3 is 2.56 bits per heavy atom. The van der Waals surface area contributed by atoms with Crippen LogP contribution in [0, 0.1) is 52.3 Å². The topological polar surface area (TPSA) is 43.4 Å². The SMILES string of the molecule is CCC(CC(C)[C@H]1CC[C@H]2[C@@H]3C(=O)CC4CCCC[C@]4(C)[C@H]3CC[C@]12C)C(=O)OCSC. The predicted molar refractivity (Wildman–Crippen MR) is 132 cm³/mol. The van der Waals surface area contributed by atoms with Crippen molar-refractivity contribution in [2.24, 2.45) is 52.3 Å². The molecule has 0 radical (unpaired) electrons. The van der Waals surface area contributed by atoms with Gasteiger partial charge in [-0.15, -0.1) is 11.8 Å². The van der Waals surface area contributed by atoms with E-state index in [1.165, 1.54) is 51.4 Å². The van der Waals surface area contributed by atoms with Crippen LogP contribution in [0.15, 0.2) is 0 Å². The van der Waals surface area contributed by atoms with Crippen molar-refractivity contribution in [3.63, 3.8) is 0 Å². The van der Waals surface area contributed by atoms with Gasteiger partial charge < -0.3 is 4.74 Å². The molecular weight excluding hydrogens is 416 g/mol. The van der Waals surface area contributed by atoms with Crippen LogP contribution in [0.1, 0.15) is 98.3 Å². The van der Waals surface area contributed by atoms with E-state index in [4.69, 9.17) is 4.74 Å². The monoisotopic (exact) mass is 462 g/mol. The number of Topliss-reactive ketones (excluding diaryl/α,β-unsaturated/α-hetero) is 1. The number of ether oxygens (including phenoxy) is 1. The molecule has 3 nitrogen and oxygen atoms in total. The highest BCUT2D eigenvalue weighted by molar-refractivity contribution is 7.98. The predicted octanol–water partition coefficient (Wildman–Crippen LogP) is 7.13. The normalized spacial score (nSPS) is 43.0. The Balaban J connectivity index is 1.49. The second kappa shape index (κ2) is 9.62. The number of carbonyl (C=O) groups excluding carboxylic acids is 2. The van der Waals surface area contributed by atoms with Crippen LogP contribution in [0.5, 0.6) is 0 Å². The molecule has 0 spiro atoms. The fourth-order valence-corrected chi connectivity index (χ4v) is 9.45. The maximum absolute atomic E-state index is 13.5. The first-order valence-corrected chi connectivity index (χ1v) is 14.8. The highest BCUT2D eigenvalue weighted by Crippen LogP contribution is 2.67. The van der Waals surface area contributed by atoms with E-state index >= 15 is 0 Å². The van der Waals surface area contributed by atoms with E-state index in [9.17, 15) is 9.59 Å². The van der Waals surface area contributed by atoms with Crippen LogP contribution in [0.2, 0.25) is 0 Å². The zero-order chi connectivity index (χ0) is 23.1. The van der Waals surface area contributed by atoms with Gasteiger partial charge in [-0.1, -0.05) is 40.5 Å². The summed E-state index contributed by atoms with van der Waals surface area (Å²) >= 11 is 1.56. The molecule has 0 N–H and O–H groups in total. The summed E-state index contributed by atoms with van der Waals surface area (Å²) in [5.74, 6) is 4.31. The molecule has 4 aliphatic rings. The number of thioether (sulfide) groups is 1. The standard InChI is InChI=1S/C28H46O3S/c1-6-19(26(30)31-17-32-5)15-18(2)21-10-11-22-25-23(12-14-28(21,22)4)27(3)13-8-7-9-20(27)16-24(25)29/h18-23,25H,6-17H2,1-5H3/t18?,19?,20?,21-,22+,23+,25+,27+,28-/m1/s1. The van der Waals surface area contributed by atoms with Crippen molar-refractivity contribution in [2.45, 2.75) is 98.3 Å². The summed E-state index contributed by atoms with van der Waals surface area (Å²) in [7, 11) is 0. The Morgan fingerprint density at radius 1 is 1.09 bits per heavy atom. The first-order valence-electron chi connectivity index (χ1n) is 13.4. The molecule has 4 saturated carbocycles. The molecule has 0 saturated heterocycles. The third-order valence-corrected chi connectivity index (χ3v) is 11.3. The minimum Gasteiger partial charge on any atom is -0.454 e. The lowest BCUT2D eigenvalue weighted by Gasteiger charge is -2.60. The maximum Gasteiger partial charge on any atom is 0.309 e. The van der Waals surface area contributed by atoms with Gasteiger partial charge in [0.25, 0.3) is 0 Å². The smallest absolute Gasteiger partial charge is 0.309 e. The van der Waals surface area contributed by atoms with Crippen molar-refractivity contribution >= 4 is 23.5 Å². The lowest BCUT2D eigenvalue weighted by atomic mass is 9.44. The number of hydrogen-bond donors (Lipinski definition) is 0. The summed E-state index contributed by atoms with van der Waals surface area (Å²) in [6, 6.07) is 0. The summed E-state index contributed by atoms with van der Waals surface area (Å²) in [5.41, 5.74) is 0.659. The van der Waals surface area contributed by atoms with Crippen molar-refractivity contribution in [2.75, 3.05) is 12.2 Å². The zero-order valence-corrected chi connectivity index (χ0v) is 22.0. The molecular formula is C28H46O3S. The highest BCUT2D eigenvalue weighted by Gasteiger charge is 2.62. The van der Waals surface area contributed by atoms with E-state index in [2.05, 4.69) is 27.7 Å². The third-order valence-electron chi connectivity index (χ3n) is 10.9. The summed E-state index contributed by atoms with van der Waals surface area (Å²) in [6.07, 6.45) is 14.9. The van der Waals surface area contributed by atoms with Gasteiger partial charge in [-0.25, -0.2) is 0 Å². The van der Waals surface area contributed by atoms with Gasteiger partial charge >= 0.3 is 5.97 Å². The summed E-state index contributed by atoms with van der Waals surface area (Å²) in [6.45, 7) is 9.54. The quantitative estimate of drug-likeness (QED) is 0.298. The van der Waals surface area contributed by atoms with Crippen LogP contribution in [0.25, 0.3) is 0 Å². The molecule has 4 fully saturated rings. The first kappa shape index (κ1) is 24.6. The Kier molecular flexibility index (Phi) is 7.40. The molecule has 3 unspecified atom stereocenters. The highest BCUT2D eigenvalue weighted by atomic mass is 32.2. The molecule has 182 valence electrons. The second-order valence-electron chi connectivity index (χ2n) is 12.3. The number of fused-ring (bicyclic) bond motifs is 5. The van der Waals surface area contributed by atoms with E-state index in [0.29, 0.717) is 52.6 Å². The van der Waals surface area contributed by atoms with Crippen molar-refractivity contribution < 1.29 is 14.3 Å². The number of ketones is 1. The molecule has 0 heterocycles. The Hall–Kier alpha value is -0.510. The summed E-state index contributed by atoms with van der Waals surface area (Å²) in [4.78, 5) is 26.1. The van der Waals surface area contributed by atoms with E-state index in [0.717, 1.165) is 19.3 Å². The Morgan fingerprint density at radius 2 is 1.84 bits per heavy atom. The average molecular weight is 463 g/mol. The summed E-state index contributed by atoms with van der Waals surface area (Å²) in [5, 5.41) is 0. The van der Waals surface area contributed by atoms with Gasteiger partial charge in [0, 0.05) is 12.3 Å². The molecule has 0 aromatic carbocycles. The minimum absolute atomic E-state index is 0.00867. The van der Waals surface area contributed by atoms with Gasteiger partial charge in [0.1, 0.15) is 11.7 Å². The van der Waals surface area contributed by atoms with Crippen molar-refractivity contribution in [3.8, 4) is 0 Å². The first-order chi connectivity index (χ1) is 15.3. The van der Waals surface area contributed by atoms with Gasteiger partial charge in [0.2, 0.25) is 0 Å². The van der Waals surface area contributed by atoms with Crippen LogP contribution in [0.3, 0.4) is 0 Å². The number of rotatable bonds is 7. The van der Waals surface area contributed by atoms with Gasteiger partial charge in [-0.3, -0.25) is 9.59 Å². The lowest BCUT2D eigenvalue weighted by molar-refractivity contribution is -0.156. The van der Waals surface area contributed by atoms with Crippen LogP contribution >= 0.6 is 11.8 Å². The fourth-order valence-electron chi connectivity index (χ4n) is 9.21. The van der Waals surface area contributed by atoms with Crippen LogP contribution in [-0.2, 0) is 14.3 Å². The van der Waals surface area contributed by atoms with Gasteiger partial charge in [-0.2, -0.15) is 0 Å². The summed E-state index contributed by atoms with van der Waals surface area (Å²) < 4.78 is 5.47. The third kappa shape index (κ3) is 4.09. The molecule has 0 aromatic rings. The molecule has 4 aliphatic carbocycles. The second-order valence-corrected chi connectivity index (χ2v) is 13.1. The number of hydrogen-bond acceptors (Lipinski definition) is 4. The van der Waals surface area contributed by atoms with E-state index in [1.807, 2.05) is 6.26 Å². The average Bonchev–Trinajstić information content (AvgIpc) is 3.13. The lowest BCUT2D eigenvalue weighted by Crippen LogP contribution is -2.56. The number of carbonyl (C=O) groups is 2. The molecule has 0 aromatic heterocycles. The van der Waals surface area contributed by atoms with Crippen LogP contribution in [0.4, 0.5) is 0 Å². The van der Waals surface area contributed by atoms with Gasteiger partial charge in [-0.05, 0) is 98.0 Å². The van der Waals surface area contributed by atoms with Gasteiger partial charge in [0.15, 0.2) is 0 Å². The Labute approximate surface area is 200 Å². The van der Waals surface area contributed by atoms with Crippen molar-refractivity contribution in [1.29, 1.82) is 0 Å². The van der Waals surface area contributed by atoms with E-state index in [1.54, 1.807) is 11.8 Å². The molecule has 0 aliphatic heterocycles. The molecule has 4 heteroatoms. The maximum atomic E-state index is 13.5. The Bertz CT molecular complexity index is 707.